The van der Waals surface area contributed by atoms with E-state index >= 15 is 0 Å². The summed E-state index contributed by atoms with van der Waals surface area (Å²) in [5, 5.41) is 0. The molecule has 4 nitrogen and oxygen atoms in total. The van der Waals surface area contributed by atoms with Gasteiger partial charge in [0.1, 0.15) is 5.75 Å². The van der Waals surface area contributed by atoms with Crippen molar-refractivity contribution in [3.05, 3.63) is 59.7 Å². The van der Waals surface area contributed by atoms with Gasteiger partial charge >= 0.3 is 0 Å². The smallest absolute Gasteiger partial charge is 0.240 e. The minimum Gasteiger partial charge on any atom is -0.497 e. The summed E-state index contributed by atoms with van der Waals surface area (Å²) in [7, 11) is -1.91. The molecule has 0 amide bonds. The van der Waals surface area contributed by atoms with E-state index < -0.39 is 10.0 Å². The molecule has 0 radical (unpaired) electrons. The first-order chi connectivity index (χ1) is 11.7. The standard InChI is InChI=1S/C20H27NO3S/c1-15(2)16-6-12-19(13-7-16)25(22,23)21-14-20(3,4)17-8-10-18(24-5)11-9-17/h6-13,15,21H,14H2,1-5H3. The van der Waals surface area contributed by atoms with Crippen molar-refractivity contribution < 1.29 is 13.2 Å². The van der Waals surface area contributed by atoms with Gasteiger partial charge in [-0.2, -0.15) is 0 Å². The van der Waals surface area contributed by atoms with Crippen LogP contribution in [0, 0.1) is 0 Å². The highest BCUT2D eigenvalue weighted by Crippen LogP contribution is 2.25. The molecule has 0 atom stereocenters. The van der Waals surface area contributed by atoms with E-state index in [4.69, 9.17) is 4.74 Å². The normalized spacial score (nSPS) is 12.4. The predicted molar refractivity (Wildman–Crippen MR) is 102 cm³/mol. The fraction of sp³-hybridized carbons (Fsp3) is 0.400. The number of rotatable bonds is 7. The van der Waals surface area contributed by atoms with Crippen LogP contribution in [0.25, 0.3) is 0 Å². The van der Waals surface area contributed by atoms with Crippen molar-refractivity contribution in [1.29, 1.82) is 0 Å². The molecule has 0 unspecified atom stereocenters. The number of hydrogen-bond donors (Lipinski definition) is 1. The van der Waals surface area contributed by atoms with E-state index in [0.717, 1.165) is 16.9 Å². The third-order valence-electron chi connectivity index (χ3n) is 4.43. The lowest BCUT2D eigenvalue weighted by Crippen LogP contribution is -2.36. The van der Waals surface area contributed by atoms with Crippen LogP contribution in [0.1, 0.15) is 44.7 Å². The molecule has 0 aliphatic heterocycles. The minimum absolute atomic E-state index is 0.294. The fourth-order valence-electron chi connectivity index (χ4n) is 2.53. The van der Waals surface area contributed by atoms with Gasteiger partial charge in [-0.1, -0.05) is 52.0 Å². The zero-order chi connectivity index (χ0) is 18.7. The largest absolute Gasteiger partial charge is 0.497 e. The Kier molecular flexibility index (Phi) is 5.91. The van der Waals surface area contributed by atoms with E-state index in [1.807, 2.05) is 50.2 Å². The first-order valence-electron chi connectivity index (χ1n) is 8.40. The SMILES string of the molecule is COc1ccc(C(C)(C)CNS(=O)(=O)c2ccc(C(C)C)cc2)cc1. The van der Waals surface area contributed by atoms with Gasteiger partial charge in [-0.05, 0) is 41.3 Å². The summed E-state index contributed by atoms with van der Waals surface area (Å²) in [5.41, 5.74) is 1.83. The maximum atomic E-state index is 12.6. The Morgan fingerprint density at radius 3 is 2.04 bits per heavy atom. The number of methoxy groups -OCH3 is 1. The van der Waals surface area contributed by atoms with Crippen molar-refractivity contribution in [2.24, 2.45) is 0 Å². The van der Waals surface area contributed by atoms with E-state index in [9.17, 15) is 8.42 Å². The van der Waals surface area contributed by atoms with Crippen molar-refractivity contribution in [1.82, 2.24) is 4.72 Å². The number of hydrogen-bond acceptors (Lipinski definition) is 3. The van der Waals surface area contributed by atoms with Gasteiger partial charge in [0, 0.05) is 12.0 Å². The molecule has 0 saturated heterocycles. The molecule has 136 valence electrons. The maximum Gasteiger partial charge on any atom is 0.240 e. The topological polar surface area (TPSA) is 55.4 Å². The molecule has 1 N–H and O–H groups in total. The third-order valence-corrected chi connectivity index (χ3v) is 5.85. The highest BCUT2D eigenvalue weighted by atomic mass is 32.2. The van der Waals surface area contributed by atoms with Gasteiger partial charge in [0.15, 0.2) is 0 Å². The molecule has 0 aromatic heterocycles. The van der Waals surface area contributed by atoms with Crippen LogP contribution < -0.4 is 9.46 Å². The molecule has 5 heteroatoms. The molecule has 0 aliphatic rings. The highest BCUT2D eigenvalue weighted by molar-refractivity contribution is 7.89. The van der Waals surface area contributed by atoms with E-state index in [1.165, 1.54) is 0 Å². The number of nitrogens with one attached hydrogen (secondary N) is 1. The predicted octanol–water partition coefficient (Wildman–Crippen LogP) is 4.07. The first kappa shape index (κ1) is 19.5. The molecular weight excluding hydrogens is 334 g/mol. The molecular formula is C20H27NO3S. The Hall–Kier alpha value is -1.85. The Labute approximate surface area is 151 Å². The van der Waals surface area contributed by atoms with Crippen LogP contribution >= 0.6 is 0 Å². The Bertz CT molecular complexity index is 792. The summed E-state index contributed by atoms with van der Waals surface area (Å²) in [6.07, 6.45) is 0. The average molecular weight is 362 g/mol. The maximum absolute atomic E-state index is 12.6. The zero-order valence-corrected chi connectivity index (χ0v) is 16.4. The molecule has 2 aromatic rings. The molecule has 0 heterocycles. The van der Waals surface area contributed by atoms with Crippen molar-refractivity contribution >= 4 is 10.0 Å². The summed E-state index contributed by atoms with van der Waals surface area (Å²) in [6, 6.07) is 14.8. The summed E-state index contributed by atoms with van der Waals surface area (Å²) >= 11 is 0. The van der Waals surface area contributed by atoms with Crippen molar-refractivity contribution in [2.45, 2.75) is 43.9 Å². The number of sulfonamides is 1. The van der Waals surface area contributed by atoms with Crippen LogP contribution in [-0.2, 0) is 15.4 Å². The lowest BCUT2D eigenvalue weighted by atomic mass is 9.85. The Balaban J connectivity index is 2.11. The number of ether oxygens (including phenoxy) is 1. The Morgan fingerprint density at radius 1 is 1.00 bits per heavy atom. The summed E-state index contributed by atoms with van der Waals surface area (Å²) in [5.74, 6) is 1.16. The summed E-state index contributed by atoms with van der Waals surface area (Å²) < 4.78 is 33.0. The van der Waals surface area contributed by atoms with Crippen molar-refractivity contribution in [3.8, 4) is 5.75 Å². The minimum atomic E-state index is -3.53. The average Bonchev–Trinajstić information content (AvgIpc) is 2.60. The van der Waals surface area contributed by atoms with Crippen molar-refractivity contribution in [3.63, 3.8) is 0 Å². The number of benzene rings is 2. The molecule has 0 spiro atoms. The summed E-state index contributed by atoms with van der Waals surface area (Å²) in [6.45, 7) is 8.50. The second-order valence-electron chi connectivity index (χ2n) is 7.16. The van der Waals surface area contributed by atoms with E-state index in [2.05, 4.69) is 18.6 Å². The lowest BCUT2D eigenvalue weighted by molar-refractivity contribution is 0.414. The fourth-order valence-corrected chi connectivity index (χ4v) is 3.75. The molecule has 2 rings (SSSR count). The van der Waals surface area contributed by atoms with Crippen molar-refractivity contribution in [2.75, 3.05) is 13.7 Å². The van der Waals surface area contributed by atoms with Gasteiger partial charge in [-0.15, -0.1) is 0 Å². The van der Waals surface area contributed by atoms with E-state index in [0.29, 0.717) is 17.4 Å². The van der Waals surface area contributed by atoms with Crippen LogP contribution in [0.15, 0.2) is 53.4 Å². The zero-order valence-electron chi connectivity index (χ0n) is 15.5. The van der Waals surface area contributed by atoms with Gasteiger partial charge < -0.3 is 4.74 Å². The van der Waals surface area contributed by atoms with E-state index in [-0.39, 0.29) is 5.41 Å². The Morgan fingerprint density at radius 2 is 1.56 bits per heavy atom. The van der Waals surface area contributed by atoms with Crippen LogP contribution in [-0.4, -0.2) is 22.1 Å². The molecule has 2 aromatic carbocycles. The van der Waals surface area contributed by atoms with Crippen LogP contribution in [0.2, 0.25) is 0 Å². The van der Waals surface area contributed by atoms with Crippen LogP contribution in [0.5, 0.6) is 5.75 Å². The van der Waals surface area contributed by atoms with Crippen LogP contribution in [0.4, 0.5) is 0 Å². The summed E-state index contributed by atoms with van der Waals surface area (Å²) in [4.78, 5) is 0.294. The van der Waals surface area contributed by atoms with Gasteiger partial charge in [0.2, 0.25) is 10.0 Å². The quantitative estimate of drug-likeness (QED) is 0.808. The third kappa shape index (κ3) is 4.83. The van der Waals surface area contributed by atoms with Gasteiger partial charge in [0.05, 0.1) is 12.0 Å². The van der Waals surface area contributed by atoms with Gasteiger partial charge in [-0.25, -0.2) is 13.1 Å². The second-order valence-corrected chi connectivity index (χ2v) is 8.93. The molecule has 0 fully saturated rings. The monoisotopic (exact) mass is 361 g/mol. The molecule has 0 bridgehead atoms. The first-order valence-corrected chi connectivity index (χ1v) is 9.88. The van der Waals surface area contributed by atoms with Crippen LogP contribution in [0.3, 0.4) is 0 Å². The van der Waals surface area contributed by atoms with Gasteiger partial charge in [0.25, 0.3) is 0 Å². The molecule has 0 saturated carbocycles. The lowest BCUT2D eigenvalue weighted by Gasteiger charge is -2.26. The molecule has 25 heavy (non-hydrogen) atoms. The second kappa shape index (κ2) is 7.58. The highest BCUT2D eigenvalue weighted by Gasteiger charge is 2.24. The van der Waals surface area contributed by atoms with Gasteiger partial charge in [-0.3, -0.25) is 0 Å². The van der Waals surface area contributed by atoms with E-state index in [1.54, 1.807) is 19.2 Å². The molecule has 0 aliphatic carbocycles.